The number of esters is 1. The number of benzene rings is 4. The summed E-state index contributed by atoms with van der Waals surface area (Å²) in [5.74, 6) is -0.267. The van der Waals surface area contributed by atoms with E-state index in [2.05, 4.69) is 160 Å². The van der Waals surface area contributed by atoms with Crippen LogP contribution in [0.3, 0.4) is 0 Å². The molecule has 2 nitrogen and oxygen atoms in total. The molecule has 4 rings (SSSR count). The number of carbonyl (C=O) groups excluding carboxylic acids is 1. The lowest BCUT2D eigenvalue weighted by molar-refractivity contribution is 0.0285. The van der Waals surface area contributed by atoms with Crippen LogP contribution in [0.2, 0.25) is 0 Å². The molecule has 6 heteroatoms. The van der Waals surface area contributed by atoms with Crippen molar-refractivity contribution in [1.29, 1.82) is 0 Å². The first kappa shape index (κ1) is 26.0. The van der Waals surface area contributed by atoms with Gasteiger partial charge in [0.15, 0.2) is 14.7 Å². The van der Waals surface area contributed by atoms with Gasteiger partial charge in [-0.05, 0) is 128 Å². The number of hydrogen-bond donors (Lipinski definition) is 0. The maximum absolute atomic E-state index is 13.1. The van der Waals surface area contributed by atoms with Crippen molar-refractivity contribution in [3.63, 3.8) is 0 Å². The van der Waals surface area contributed by atoms with Crippen LogP contribution in [0.4, 0.5) is 0 Å². The van der Waals surface area contributed by atoms with E-state index in [9.17, 15) is 4.79 Å². The molecular weight excluding hydrogens is 781 g/mol. The fourth-order valence-corrected chi connectivity index (χ4v) is 8.04. The van der Waals surface area contributed by atoms with Gasteiger partial charge in [0.05, 0.1) is 16.5 Å². The molecule has 0 saturated heterocycles. The molecule has 0 aliphatic heterocycles. The third kappa shape index (κ3) is 5.99. The molecule has 0 spiro atoms. The van der Waals surface area contributed by atoms with E-state index in [1.807, 2.05) is 12.1 Å². The summed E-state index contributed by atoms with van der Waals surface area (Å²) in [4.78, 5) is 16.9. The molecule has 1 unspecified atom stereocenters. The van der Waals surface area contributed by atoms with Crippen LogP contribution in [-0.2, 0) is 15.6 Å². The number of hydrogen-bond acceptors (Lipinski definition) is 2. The van der Waals surface area contributed by atoms with Gasteiger partial charge in [-0.1, -0.05) is 55.5 Å². The van der Waals surface area contributed by atoms with Crippen LogP contribution < -0.4 is 0 Å². The summed E-state index contributed by atoms with van der Waals surface area (Å²) in [5.41, 5.74) is 1.66. The summed E-state index contributed by atoms with van der Waals surface area (Å²) >= 11 is 6.69. The van der Waals surface area contributed by atoms with Crippen LogP contribution in [-0.4, -0.2) is 5.97 Å². The molecule has 0 fully saturated rings. The minimum atomic E-state index is -0.291. The average molecular weight is 803 g/mol. The van der Waals surface area contributed by atoms with E-state index in [-0.39, 0.29) is 23.0 Å². The Balaban J connectivity index is 1.61. The molecular formula is C28H22I3O2S+. The monoisotopic (exact) mass is 803 g/mol. The Morgan fingerprint density at radius 3 is 1.76 bits per heavy atom. The lowest BCUT2D eigenvalue weighted by Crippen LogP contribution is -2.14. The maximum Gasteiger partial charge on any atom is 0.340 e. The highest BCUT2D eigenvalue weighted by Crippen LogP contribution is 2.33. The van der Waals surface area contributed by atoms with Crippen LogP contribution in [0.1, 0.15) is 35.4 Å². The Bertz CT molecular complexity index is 1220. The smallest absolute Gasteiger partial charge is 0.340 e. The van der Waals surface area contributed by atoms with E-state index in [0.29, 0.717) is 12.0 Å². The topological polar surface area (TPSA) is 26.3 Å². The van der Waals surface area contributed by atoms with Crippen LogP contribution in [0.5, 0.6) is 0 Å². The summed E-state index contributed by atoms with van der Waals surface area (Å²) in [6.07, 6.45) is 0.423. The van der Waals surface area contributed by atoms with Crippen LogP contribution in [0.15, 0.2) is 112 Å². The number of rotatable bonds is 7. The largest absolute Gasteiger partial charge is 0.454 e. The molecule has 4 aromatic carbocycles. The second-order valence-corrected chi connectivity index (χ2v) is 13.0. The zero-order chi connectivity index (χ0) is 24.1. The highest BCUT2D eigenvalue weighted by Gasteiger charge is 2.29. The molecule has 0 aliphatic carbocycles. The van der Waals surface area contributed by atoms with Crippen molar-refractivity contribution in [3.8, 4) is 0 Å². The number of halogens is 3. The van der Waals surface area contributed by atoms with Crippen molar-refractivity contribution in [3.05, 3.63) is 119 Å². The third-order valence-electron chi connectivity index (χ3n) is 5.31. The molecule has 0 heterocycles. The van der Waals surface area contributed by atoms with Gasteiger partial charge in [-0.3, -0.25) is 0 Å². The first-order chi connectivity index (χ1) is 16.5. The predicted octanol–water partition coefficient (Wildman–Crippen LogP) is 8.90. The molecule has 0 radical (unpaired) electrons. The molecule has 172 valence electrons. The third-order valence-corrected chi connectivity index (χ3v) is 11.5. The fraction of sp³-hybridized carbons (Fsp3) is 0.107. The highest BCUT2D eigenvalue weighted by molar-refractivity contribution is 14.1. The molecule has 0 bridgehead atoms. The summed E-state index contributed by atoms with van der Waals surface area (Å²) in [6, 6.07) is 33.7. The SMILES string of the molecule is CCC(OC(=O)c1c(I)ccc(I)c1I)c1ccc([S+](c2ccccc2)c2ccccc2)cc1. The van der Waals surface area contributed by atoms with Crippen molar-refractivity contribution in [2.75, 3.05) is 0 Å². The molecule has 0 saturated carbocycles. The van der Waals surface area contributed by atoms with Gasteiger partial charge in [-0.25, -0.2) is 4.79 Å². The van der Waals surface area contributed by atoms with Gasteiger partial charge in [0, 0.05) is 10.7 Å². The van der Waals surface area contributed by atoms with Crippen molar-refractivity contribution in [2.45, 2.75) is 34.1 Å². The lowest BCUT2D eigenvalue weighted by Gasteiger charge is -2.18. The quantitative estimate of drug-likeness (QED) is 0.0809. The van der Waals surface area contributed by atoms with Crippen molar-refractivity contribution >= 4 is 84.6 Å². The minimum absolute atomic E-state index is 0.198. The van der Waals surface area contributed by atoms with Crippen molar-refractivity contribution in [1.82, 2.24) is 0 Å². The number of ether oxygens (including phenoxy) is 1. The van der Waals surface area contributed by atoms with Crippen LogP contribution in [0, 0.1) is 10.7 Å². The highest BCUT2D eigenvalue weighted by atomic mass is 127. The number of carbonyl (C=O) groups is 1. The minimum Gasteiger partial charge on any atom is -0.454 e. The second kappa shape index (κ2) is 12.2. The van der Waals surface area contributed by atoms with Crippen molar-refractivity contribution in [2.24, 2.45) is 0 Å². The van der Waals surface area contributed by atoms with Gasteiger partial charge < -0.3 is 4.74 Å². The first-order valence-electron chi connectivity index (χ1n) is 10.8. The lowest BCUT2D eigenvalue weighted by atomic mass is 10.1. The normalized spacial score (nSPS) is 11.9. The Morgan fingerprint density at radius 2 is 1.24 bits per heavy atom. The van der Waals surface area contributed by atoms with E-state index >= 15 is 0 Å². The Labute approximate surface area is 244 Å². The van der Waals surface area contributed by atoms with E-state index in [4.69, 9.17) is 4.74 Å². The Morgan fingerprint density at radius 1 is 0.735 bits per heavy atom. The molecule has 0 aromatic heterocycles. The van der Waals surface area contributed by atoms with Crippen molar-refractivity contribution < 1.29 is 9.53 Å². The fourth-order valence-electron chi connectivity index (χ4n) is 3.63. The second-order valence-electron chi connectivity index (χ2n) is 7.52. The zero-order valence-corrected chi connectivity index (χ0v) is 25.7. The first-order valence-corrected chi connectivity index (χ1v) is 15.2. The average Bonchev–Trinajstić information content (AvgIpc) is 2.87. The van der Waals surface area contributed by atoms with Gasteiger partial charge in [0.1, 0.15) is 6.10 Å². The van der Waals surface area contributed by atoms with Gasteiger partial charge in [-0.2, -0.15) is 0 Å². The summed E-state index contributed by atoms with van der Waals surface area (Å²) < 4.78 is 8.91. The van der Waals surface area contributed by atoms with E-state index in [1.54, 1.807) is 0 Å². The van der Waals surface area contributed by atoms with E-state index in [0.717, 1.165) is 16.3 Å². The Hall–Kier alpha value is -1.11. The van der Waals surface area contributed by atoms with Crippen LogP contribution in [0.25, 0.3) is 0 Å². The summed E-state index contributed by atoms with van der Waals surface area (Å²) in [6.45, 7) is 2.05. The van der Waals surface area contributed by atoms with Gasteiger partial charge in [0.2, 0.25) is 0 Å². The van der Waals surface area contributed by atoms with E-state index < -0.39 is 0 Å². The van der Waals surface area contributed by atoms with Gasteiger partial charge in [-0.15, -0.1) is 0 Å². The standard InChI is InChI=1S/C28H22I3O2S/c1-2-25(33-28(32)26-23(29)17-18-24(30)27(26)31)19-13-15-22(16-14-19)34(20-9-5-3-6-10-20)21-11-7-4-8-12-21/h3-18,25H,2H2,1H3/q+1. The predicted molar refractivity (Wildman–Crippen MR) is 165 cm³/mol. The molecule has 0 amide bonds. The Kier molecular flexibility index (Phi) is 9.34. The van der Waals surface area contributed by atoms with E-state index in [1.165, 1.54) is 14.7 Å². The van der Waals surface area contributed by atoms with Crippen LogP contribution >= 0.6 is 67.8 Å². The zero-order valence-electron chi connectivity index (χ0n) is 18.4. The van der Waals surface area contributed by atoms with Gasteiger partial charge >= 0.3 is 5.97 Å². The van der Waals surface area contributed by atoms with Gasteiger partial charge in [0.25, 0.3) is 0 Å². The molecule has 34 heavy (non-hydrogen) atoms. The molecule has 0 aliphatic rings. The molecule has 0 N–H and O–H groups in total. The summed E-state index contributed by atoms with van der Waals surface area (Å²) in [7, 11) is -0.198. The molecule has 1 atom stereocenters. The summed E-state index contributed by atoms with van der Waals surface area (Å²) in [5, 5.41) is 0. The molecule has 4 aromatic rings. The maximum atomic E-state index is 13.1.